The van der Waals surface area contributed by atoms with Crippen LogP contribution in [0.3, 0.4) is 0 Å². The number of benzene rings is 3. The highest BCUT2D eigenvalue weighted by Gasteiger charge is 2.29. The number of hydrogen-bond donors (Lipinski definition) is 1. The van der Waals surface area contributed by atoms with Gasteiger partial charge >= 0.3 is 0 Å². The molecule has 24 heavy (non-hydrogen) atoms. The van der Waals surface area contributed by atoms with Crippen LogP contribution >= 0.6 is 0 Å². The summed E-state index contributed by atoms with van der Waals surface area (Å²) < 4.78 is 5.70. The number of fused-ring (bicyclic) bond motifs is 2. The second-order valence-electron chi connectivity index (χ2n) is 6.23. The first-order valence-electron chi connectivity index (χ1n) is 8.43. The van der Waals surface area contributed by atoms with E-state index in [2.05, 4.69) is 65.6 Å². The van der Waals surface area contributed by atoms with Crippen molar-refractivity contribution in [3.8, 4) is 5.75 Å². The molecule has 3 heteroatoms. The second-order valence-corrected chi connectivity index (χ2v) is 6.23. The van der Waals surface area contributed by atoms with E-state index >= 15 is 0 Å². The van der Waals surface area contributed by atoms with E-state index in [1.54, 1.807) is 7.11 Å². The van der Waals surface area contributed by atoms with Gasteiger partial charge in [-0.25, -0.2) is 0 Å². The van der Waals surface area contributed by atoms with Crippen LogP contribution in [-0.4, -0.2) is 20.2 Å². The van der Waals surface area contributed by atoms with Crippen LogP contribution in [0.1, 0.15) is 17.2 Å². The van der Waals surface area contributed by atoms with Crippen molar-refractivity contribution in [2.45, 2.75) is 12.5 Å². The molecule has 3 aromatic rings. The van der Waals surface area contributed by atoms with Crippen LogP contribution in [0.5, 0.6) is 5.75 Å². The number of para-hydroxylation sites is 1. The van der Waals surface area contributed by atoms with E-state index in [1.807, 2.05) is 0 Å². The molecular weight excluding hydrogens is 296 g/mol. The Hall–Kier alpha value is -2.52. The van der Waals surface area contributed by atoms with E-state index in [0.717, 1.165) is 18.7 Å². The molecule has 0 spiro atoms. The van der Waals surface area contributed by atoms with Gasteiger partial charge in [0, 0.05) is 24.3 Å². The first-order chi connectivity index (χ1) is 11.8. The van der Waals surface area contributed by atoms with Crippen molar-refractivity contribution in [2.24, 2.45) is 5.73 Å². The van der Waals surface area contributed by atoms with E-state index in [0.29, 0.717) is 6.54 Å². The largest absolute Gasteiger partial charge is 0.496 e. The molecule has 1 aliphatic rings. The minimum Gasteiger partial charge on any atom is -0.496 e. The Kier molecular flexibility index (Phi) is 3.87. The molecule has 0 amide bonds. The van der Waals surface area contributed by atoms with E-state index in [1.165, 1.54) is 27.6 Å². The SMILES string of the molecule is COc1ccc2ccccc2c1C(CN)N1CCc2ccccc21. The van der Waals surface area contributed by atoms with Gasteiger partial charge in [-0.2, -0.15) is 0 Å². The van der Waals surface area contributed by atoms with Gasteiger partial charge < -0.3 is 15.4 Å². The maximum atomic E-state index is 6.26. The molecule has 0 aromatic heterocycles. The van der Waals surface area contributed by atoms with Crippen LogP contribution in [0.15, 0.2) is 60.7 Å². The highest BCUT2D eigenvalue weighted by molar-refractivity contribution is 5.89. The first kappa shape index (κ1) is 15.0. The van der Waals surface area contributed by atoms with Crippen LogP contribution in [0.4, 0.5) is 5.69 Å². The molecule has 1 atom stereocenters. The first-order valence-corrected chi connectivity index (χ1v) is 8.43. The standard InChI is InChI=1S/C21H22N2O/c1-24-20-11-10-15-6-2-4-8-17(15)21(20)19(14-22)23-13-12-16-7-3-5-9-18(16)23/h2-11,19H,12-14,22H2,1H3. The summed E-state index contributed by atoms with van der Waals surface area (Å²) in [6, 6.07) is 21.4. The zero-order chi connectivity index (χ0) is 16.5. The Balaban J connectivity index is 1.89. The van der Waals surface area contributed by atoms with Crippen molar-refractivity contribution in [2.75, 3.05) is 25.1 Å². The lowest BCUT2D eigenvalue weighted by atomic mass is 9.96. The van der Waals surface area contributed by atoms with Gasteiger partial charge in [0.25, 0.3) is 0 Å². The third-order valence-corrected chi connectivity index (χ3v) is 5.01. The van der Waals surface area contributed by atoms with Gasteiger partial charge in [0.05, 0.1) is 13.2 Å². The van der Waals surface area contributed by atoms with E-state index in [4.69, 9.17) is 10.5 Å². The molecule has 1 aliphatic heterocycles. The molecule has 0 saturated heterocycles. The Morgan fingerprint density at radius 2 is 1.83 bits per heavy atom. The summed E-state index contributed by atoms with van der Waals surface area (Å²) in [6.45, 7) is 1.55. The van der Waals surface area contributed by atoms with Gasteiger partial charge in [0.15, 0.2) is 0 Å². The highest BCUT2D eigenvalue weighted by Crippen LogP contribution is 2.40. The Bertz CT molecular complexity index is 875. The number of hydrogen-bond acceptors (Lipinski definition) is 3. The minimum absolute atomic E-state index is 0.106. The summed E-state index contributed by atoms with van der Waals surface area (Å²) in [7, 11) is 1.74. The molecule has 4 rings (SSSR count). The van der Waals surface area contributed by atoms with Gasteiger partial charge in [0.2, 0.25) is 0 Å². The summed E-state index contributed by atoms with van der Waals surface area (Å²) in [5.41, 5.74) is 10.1. The quantitative estimate of drug-likeness (QED) is 0.792. The maximum Gasteiger partial charge on any atom is 0.124 e. The fourth-order valence-corrected chi connectivity index (χ4v) is 3.89. The predicted octanol–water partition coefficient (Wildman–Crippen LogP) is 3.91. The van der Waals surface area contributed by atoms with Gasteiger partial charge in [-0.05, 0) is 34.9 Å². The number of ether oxygens (including phenoxy) is 1. The molecular formula is C21H22N2O. The number of nitrogens with zero attached hydrogens (tertiary/aromatic N) is 1. The summed E-state index contributed by atoms with van der Waals surface area (Å²) in [4.78, 5) is 2.43. The van der Waals surface area contributed by atoms with E-state index < -0.39 is 0 Å². The Morgan fingerprint density at radius 3 is 2.67 bits per heavy atom. The maximum absolute atomic E-state index is 6.26. The lowest BCUT2D eigenvalue weighted by Gasteiger charge is -2.31. The van der Waals surface area contributed by atoms with Crippen LogP contribution in [0.2, 0.25) is 0 Å². The summed E-state index contributed by atoms with van der Waals surface area (Å²) >= 11 is 0. The van der Waals surface area contributed by atoms with Gasteiger partial charge in [-0.1, -0.05) is 48.5 Å². The van der Waals surface area contributed by atoms with Crippen molar-refractivity contribution in [3.05, 3.63) is 71.8 Å². The number of methoxy groups -OCH3 is 1. The Labute approximate surface area is 142 Å². The molecule has 0 fully saturated rings. The van der Waals surface area contributed by atoms with Crippen LogP contribution in [0.25, 0.3) is 10.8 Å². The number of anilines is 1. The monoisotopic (exact) mass is 318 g/mol. The lowest BCUT2D eigenvalue weighted by Crippen LogP contribution is -2.32. The van der Waals surface area contributed by atoms with Crippen LogP contribution in [-0.2, 0) is 6.42 Å². The average Bonchev–Trinajstić information content (AvgIpc) is 3.06. The molecule has 0 bridgehead atoms. The van der Waals surface area contributed by atoms with E-state index in [-0.39, 0.29) is 6.04 Å². The zero-order valence-electron chi connectivity index (χ0n) is 13.9. The van der Waals surface area contributed by atoms with Crippen molar-refractivity contribution in [1.82, 2.24) is 0 Å². The summed E-state index contributed by atoms with van der Waals surface area (Å²) in [5.74, 6) is 0.911. The normalized spacial score (nSPS) is 14.7. The van der Waals surface area contributed by atoms with Crippen LogP contribution in [0, 0.1) is 0 Å². The molecule has 0 radical (unpaired) electrons. The fourth-order valence-electron chi connectivity index (χ4n) is 3.89. The molecule has 2 N–H and O–H groups in total. The third kappa shape index (κ3) is 2.33. The van der Waals surface area contributed by atoms with Gasteiger partial charge in [-0.15, -0.1) is 0 Å². The zero-order valence-corrected chi connectivity index (χ0v) is 13.9. The predicted molar refractivity (Wildman–Crippen MR) is 99.8 cm³/mol. The summed E-state index contributed by atoms with van der Waals surface area (Å²) in [6.07, 6.45) is 1.07. The van der Waals surface area contributed by atoms with Crippen molar-refractivity contribution in [1.29, 1.82) is 0 Å². The summed E-state index contributed by atoms with van der Waals surface area (Å²) in [5, 5.41) is 2.44. The molecule has 0 saturated carbocycles. The molecule has 0 aliphatic carbocycles. The van der Waals surface area contributed by atoms with Crippen LogP contribution < -0.4 is 15.4 Å². The molecule has 1 unspecified atom stereocenters. The fraction of sp³-hybridized carbons (Fsp3) is 0.238. The molecule has 3 aromatic carbocycles. The van der Waals surface area contributed by atoms with Crippen molar-refractivity contribution in [3.63, 3.8) is 0 Å². The van der Waals surface area contributed by atoms with Crippen molar-refractivity contribution < 1.29 is 4.74 Å². The third-order valence-electron chi connectivity index (χ3n) is 5.01. The number of nitrogens with two attached hydrogens (primary N) is 1. The van der Waals surface area contributed by atoms with Crippen molar-refractivity contribution >= 4 is 16.5 Å². The second kappa shape index (κ2) is 6.17. The topological polar surface area (TPSA) is 38.5 Å². The van der Waals surface area contributed by atoms with Gasteiger partial charge in [0.1, 0.15) is 5.75 Å². The van der Waals surface area contributed by atoms with E-state index in [9.17, 15) is 0 Å². The lowest BCUT2D eigenvalue weighted by molar-refractivity contribution is 0.405. The molecule has 3 nitrogen and oxygen atoms in total. The molecule has 122 valence electrons. The van der Waals surface area contributed by atoms with Gasteiger partial charge in [-0.3, -0.25) is 0 Å². The minimum atomic E-state index is 0.106. The smallest absolute Gasteiger partial charge is 0.124 e. The number of rotatable bonds is 4. The molecule has 1 heterocycles. The highest BCUT2D eigenvalue weighted by atomic mass is 16.5. The average molecular weight is 318 g/mol. The Morgan fingerprint density at radius 1 is 1.04 bits per heavy atom.